The lowest BCUT2D eigenvalue weighted by Crippen LogP contribution is -2.64. The molecular formula is C8H8F5NO3. The number of rotatable bonds is 3. The predicted molar refractivity (Wildman–Crippen MR) is 43.4 cm³/mol. The van der Waals surface area contributed by atoms with Crippen LogP contribution in [0.5, 0.6) is 0 Å². The van der Waals surface area contributed by atoms with E-state index in [0.29, 0.717) is 6.42 Å². The highest BCUT2D eigenvalue weighted by atomic mass is 19.4. The summed E-state index contributed by atoms with van der Waals surface area (Å²) in [5, 5.41) is 9.93. The van der Waals surface area contributed by atoms with Crippen LogP contribution in [0.2, 0.25) is 0 Å². The summed E-state index contributed by atoms with van der Waals surface area (Å²) in [6.07, 6.45) is -6.03. The highest BCUT2D eigenvalue weighted by Gasteiger charge is 2.65. The molecule has 1 fully saturated rings. The van der Waals surface area contributed by atoms with Crippen molar-refractivity contribution in [2.24, 2.45) is 0 Å². The highest BCUT2D eigenvalue weighted by molar-refractivity contribution is 5.91. The maximum absolute atomic E-state index is 12.5. The molecule has 0 atom stereocenters. The summed E-state index contributed by atoms with van der Waals surface area (Å²) in [7, 11) is 0. The second-order valence-electron chi connectivity index (χ2n) is 3.77. The molecule has 0 aromatic carbocycles. The topological polar surface area (TPSA) is 66.4 Å². The molecule has 0 saturated heterocycles. The van der Waals surface area contributed by atoms with Gasteiger partial charge in [-0.05, 0) is 19.3 Å². The number of alkyl halides is 5. The van der Waals surface area contributed by atoms with Crippen LogP contribution < -0.4 is 5.32 Å². The van der Waals surface area contributed by atoms with Crippen molar-refractivity contribution >= 4 is 11.9 Å². The Morgan fingerprint density at radius 2 is 1.59 bits per heavy atom. The van der Waals surface area contributed by atoms with Crippen LogP contribution in [0.1, 0.15) is 19.3 Å². The molecule has 4 nitrogen and oxygen atoms in total. The van der Waals surface area contributed by atoms with E-state index in [2.05, 4.69) is 0 Å². The molecule has 0 unspecified atom stereocenters. The number of nitrogens with one attached hydrogen (secondary N) is 1. The summed E-state index contributed by atoms with van der Waals surface area (Å²) < 4.78 is 60.6. The van der Waals surface area contributed by atoms with Gasteiger partial charge < -0.3 is 10.4 Å². The number of carbonyl (C=O) groups is 2. The Hall–Kier alpha value is -1.41. The summed E-state index contributed by atoms with van der Waals surface area (Å²) in [5.74, 6) is -9.84. The van der Waals surface area contributed by atoms with E-state index in [1.165, 1.54) is 5.32 Å². The molecule has 1 aliphatic carbocycles. The minimum Gasteiger partial charge on any atom is -0.480 e. The fraction of sp³-hybridized carbons (Fsp3) is 0.750. The van der Waals surface area contributed by atoms with Crippen LogP contribution in [0.4, 0.5) is 22.0 Å². The molecule has 0 radical (unpaired) electrons. The Labute approximate surface area is 91.8 Å². The van der Waals surface area contributed by atoms with Crippen LogP contribution >= 0.6 is 0 Å². The Morgan fingerprint density at radius 3 is 1.82 bits per heavy atom. The Balaban J connectivity index is 2.83. The quantitative estimate of drug-likeness (QED) is 0.753. The molecule has 17 heavy (non-hydrogen) atoms. The molecule has 0 spiro atoms. The largest absolute Gasteiger partial charge is 0.480 e. The number of amides is 1. The molecule has 98 valence electrons. The lowest BCUT2D eigenvalue weighted by Gasteiger charge is -2.39. The molecule has 0 heterocycles. The minimum absolute atomic E-state index is 0.165. The SMILES string of the molecule is O=C(O)C1(NC(=O)C(F)(F)C(F)(F)F)CCC1. The van der Waals surface area contributed by atoms with E-state index >= 15 is 0 Å². The second kappa shape index (κ2) is 3.81. The van der Waals surface area contributed by atoms with Gasteiger partial charge in [-0.2, -0.15) is 22.0 Å². The predicted octanol–water partition coefficient (Wildman–Crippen LogP) is 1.31. The number of aliphatic carboxylic acids is 1. The van der Waals surface area contributed by atoms with Gasteiger partial charge in [0.2, 0.25) is 0 Å². The first kappa shape index (κ1) is 13.7. The Morgan fingerprint density at radius 1 is 1.12 bits per heavy atom. The van der Waals surface area contributed by atoms with Gasteiger partial charge >= 0.3 is 24.0 Å². The molecule has 2 N–H and O–H groups in total. The molecular weight excluding hydrogens is 253 g/mol. The van der Waals surface area contributed by atoms with Gasteiger partial charge in [-0.15, -0.1) is 0 Å². The van der Waals surface area contributed by atoms with Crippen molar-refractivity contribution in [1.29, 1.82) is 0 Å². The average Bonchev–Trinajstić information content (AvgIpc) is 2.07. The van der Waals surface area contributed by atoms with Crippen molar-refractivity contribution < 1.29 is 36.6 Å². The minimum atomic E-state index is -6.04. The van der Waals surface area contributed by atoms with Gasteiger partial charge in [-0.25, -0.2) is 4.79 Å². The van der Waals surface area contributed by atoms with E-state index < -0.39 is 29.5 Å². The van der Waals surface area contributed by atoms with E-state index in [4.69, 9.17) is 5.11 Å². The third-order valence-electron chi connectivity index (χ3n) is 2.61. The first-order valence-electron chi connectivity index (χ1n) is 4.53. The summed E-state index contributed by atoms with van der Waals surface area (Å²) in [6.45, 7) is 0. The zero-order valence-electron chi connectivity index (χ0n) is 8.27. The van der Waals surface area contributed by atoms with E-state index in [1.54, 1.807) is 0 Å². The van der Waals surface area contributed by atoms with Gasteiger partial charge in [0, 0.05) is 0 Å². The smallest absolute Gasteiger partial charge is 0.463 e. The van der Waals surface area contributed by atoms with Gasteiger partial charge in [0.15, 0.2) is 0 Å². The van der Waals surface area contributed by atoms with Crippen LogP contribution in [0.15, 0.2) is 0 Å². The van der Waals surface area contributed by atoms with Crippen LogP contribution in [0.3, 0.4) is 0 Å². The number of hydrogen-bond acceptors (Lipinski definition) is 2. The summed E-state index contributed by atoms with van der Waals surface area (Å²) in [5.41, 5.74) is -1.99. The Kier molecular flexibility index (Phi) is 3.06. The molecule has 0 bridgehead atoms. The molecule has 0 aromatic rings. The molecule has 1 rings (SSSR count). The van der Waals surface area contributed by atoms with Crippen molar-refractivity contribution in [2.45, 2.75) is 36.9 Å². The molecule has 0 aromatic heterocycles. The van der Waals surface area contributed by atoms with Crippen LogP contribution in [-0.2, 0) is 9.59 Å². The zero-order valence-corrected chi connectivity index (χ0v) is 8.27. The summed E-state index contributed by atoms with van der Waals surface area (Å²) in [6, 6.07) is 0. The van der Waals surface area contributed by atoms with E-state index in [-0.39, 0.29) is 12.8 Å². The van der Waals surface area contributed by atoms with E-state index in [0.717, 1.165) is 0 Å². The average molecular weight is 261 g/mol. The first-order chi connectivity index (χ1) is 7.53. The highest BCUT2D eigenvalue weighted by Crippen LogP contribution is 2.38. The lowest BCUT2D eigenvalue weighted by atomic mass is 9.76. The number of carboxylic acids is 1. The van der Waals surface area contributed by atoms with Gasteiger partial charge in [0.05, 0.1) is 0 Å². The second-order valence-corrected chi connectivity index (χ2v) is 3.77. The molecule has 9 heteroatoms. The van der Waals surface area contributed by atoms with Gasteiger partial charge in [0.25, 0.3) is 0 Å². The maximum atomic E-state index is 12.5. The summed E-state index contributed by atoms with van der Waals surface area (Å²) in [4.78, 5) is 21.5. The van der Waals surface area contributed by atoms with Crippen LogP contribution in [0.25, 0.3) is 0 Å². The van der Waals surface area contributed by atoms with Gasteiger partial charge in [-0.3, -0.25) is 4.79 Å². The molecule has 1 amide bonds. The van der Waals surface area contributed by atoms with E-state index in [1.807, 2.05) is 0 Å². The number of carboxylic acid groups (broad SMARTS) is 1. The first-order valence-corrected chi connectivity index (χ1v) is 4.53. The fourth-order valence-corrected chi connectivity index (χ4v) is 1.35. The number of halogens is 5. The standard InChI is InChI=1S/C8H8F5NO3/c9-7(10,8(11,12)13)4(15)14-6(5(16)17)2-1-3-6/h1-3H2,(H,14,15)(H,16,17). The number of carbonyl (C=O) groups excluding carboxylic acids is 1. The zero-order chi connectivity index (χ0) is 13.5. The van der Waals surface area contributed by atoms with Crippen molar-refractivity contribution in [1.82, 2.24) is 5.32 Å². The maximum Gasteiger partial charge on any atom is 0.463 e. The monoisotopic (exact) mass is 261 g/mol. The van der Waals surface area contributed by atoms with Crippen molar-refractivity contribution in [3.8, 4) is 0 Å². The van der Waals surface area contributed by atoms with Crippen molar-refractivity contribution in [3.63, 3.8) is 0 Å². The van der Waals surface area contributed by atoms with Crippen LogP contribution in [-0.4, -0.2) is 34.6 Å². The molecule has 1 aliphatic rings. The van der Waals surface area contributed by atoms with Crippen LogP contribution in [0, 0.1) is 0 Å². The fourth-order valence-electron chi connectivity index (χ4n) is 1.35. The number of hydrogen-bond donors (Lipinski definition) is 2. The Bertz CT molecular complexity index is 348. The summed E-state index contributed by atoms with van der Waals surface area (Å²) >= 11 is 0. The lowest BCUT2D eigenvalue weighted by molar-refractivity contribution is -0.270. The third-order valence-corrected chi connectivity index (χ3v) is 2.61. The van der Waals surface area contributed by atoms with Crippen molar-refractivity contribution in [3.05, 3.63) is 0 Å². The normalized spacial score (nSPS) is 19.4. The van der Waals surface area contributed by atoms with Gasteiger partial charge in [0.1, 0.15) is 5.54 Å². The molecule has 1 saturated carbocycles. The molecule has 0 aliphatic heterocycles. The van der Waals surface area contributed by atoms with E-state index in [9.17, 15) is 31.5 Å². The van der Waals surface area contributed by atoms with Crippen molar-refractivity contribution in [2.75, 3.05) is 0 Å². The third kappa shape index (κ3) is 2.18. The van der Waals surface area contributed by atoms with Gasteiger partial charge in [-0.1, -0.05) is 0 Å².